The first-order chi connectivity index (χ1) is 9.08. The van der Waals surface area contributed by atoms with Gasteiger partial charge in [0, 0.05) is 6.54 Å². The molecule has 0 unspecified atom stereocenters. The highest BCUT2D eigenvalue weighted by atomic mass is 16.4. The summed E-state index contributed by atoms with van der Waals surface area (Å²) in [6.45, 7) is 2.25. The van der Waals surface area contributed by atoms with Crippen LogP contribution in [-0.4, -0.2) is 28.5 Å². The first-order valence-corrected chi connectivity index (χ1v) is 6.57. The molecule has 1 aliphatic rings. The Labute approximate surface area is 112 Å². The van der Waals surface area contributed by atoms with E-state index in [1.807, 2.05) is 0 Å². The Bertz CT molecular complexity index is 495. The molecule has 19 heavy (non-hydrogen) atoms. The number of hydrogen-bond donors (Lipinski definition) is 2. The van der Waals surface area contributed by atoms with Gasteiger partial charge in [0.05, 0.1) is 11.3 Å². The Kier molecular flexibility index (Phi) is 4.14. The second kappa shape index (κ2) is 5.82. The zero-order valence-corrected chi connectivity index (χ0v) is 11.0. The SMILES string of the molecule is Cc1nc(C(=O)NCCC2CCC2)ccc1C(=O)O. The fourth-order valence-electron chi connectivity index (χ4n) is 2.18. The highest BCUT2D eigenvalue weighted by Crippen LogP contribution is 2.28. The molecule has 2 rings (SSSR count). The Balaban J connectivity index is 1.91. The Morgan fingerprint density at radius 3 is 2.68 bits per heavy atom. The minimum Gasteiger partial charge on any atom is -0.478 e. The van der Waals surface area contributed by atoms with Gasteiger partial charge < -0.3 is 10.4 Å². The van der Waals surface area contributed by atoms with Gasteiger partial charge in [-0.3, -0.25) is 4.79 Å². The van der Waals surface area contributed by atoms with Gasteiger partial charge >= 0.3 is 5.97 Å². The van der Waals surface area contributed by atoms with Crippen LogP contribution in [0.2, 0.25) is 0 Å². The van der Waals surface area contributed by atoms with Crippen molar-refractivity contribution in [2.45, 2.75) is 32.6 Å². The van der Waals surface area contributed by atoms with Gasteiger partial charge in [-0.2, -0.15) is 0 Å². The standard InChI is InChI=1S/C14H18N2O3/c1-9-11(14(18)19)5-6-12(16-9)13(17)15-8-7-10-3-2-4-10/h5-6,10H,2-4,7-8H2,1H3,(H,15,17)(H,18,19). The lowest BCUT2D eigenvalue weighted by molar-refractivity contribution is 0.0694. The maximum atomic E-state index is 11.8. The molecule has 0 bridgehead atoms. The topological polar surface area (TPSA) is 79.3 Å². The second-order valence-electron chi connectivity index (χ2n) is 4.98. The van der Waals surface area contributed by atoms with Gasteiger partial charge in [-0.1, -0.05) is 19.3 Å². The van der Waals surface area contributed by atoms with E-state index in [-0.39, 0.29) is 17.2 Å². The molecule has 0 atom stereocenters. The van der Waals surface area contributed by atoms with Crippen LogP contribution in [0.4, 0.5) is 0 Å². The van der Waals surface area contributed by atoms with Crippen molar-refractivity contribution < 1.29 is 14.7 Å². The van der Waals surface area contributed by atoms with Crippen LogP contribution < -0.4 is 5.32 Å². The van der Waals surface area contributed by atoms with E-state index in [9.17, 15) is 9.59 Å². The molecule has 1 fully saturated rings. The van der Waals surface area contributed by atoms with Crippen LogP contribution in [0, 0.1) is 12.8 Å². The first-order valence-electron chi connectivity index (χ1n) is 6.57. The number of carbonyl (C=O) groups excluding carboxylic acids is 1. The highest BCUT2D eigenvalue weighted by Gasteiger charge is 2.17. The van der Waals surface area contributed by atoms with E-state index in [0.717, 1.165) is 12.3 Å². The summed E-state index contributed by atoms with van der Waals surface area (Å²) in [6.07, 6.45) is 4.84. The quantitative estimate of drug-likeness (QED) is 0.850. The number of nitrogens with zero attached hydrogens (tertiary/aromatic N) is 1. The van der Waals surface area contributed by atoms with E-state index >= 15 is 0 Å². The third-order valence-corrected chi connectivity index (χ3v) is 3.61. The zero-order chi connectivity index (χ0) is 13.8. The number of carbonyl (C=O) groups is 2. The number of carboxylic acids is 1. The minimum absolute atomic E-state index is 0.131. The number of rotatable bonds is 5. The second-order valence-corrected chi connectivity index (χ2v) is 4.98. The molecule has 1 amide bonds. The Morgan fingerprint density at radius 1 is 1.42 bits per heavy atom. The number of carboxylic acid groups (broad SMARTS) is 1. The van der Waals surface area contributed by atoms with Crippen LogP contribution in [0.25, 0.3) is 0 Å². The fraction of sp³-hybridized carbons (Fsp3) is 0.500. The van der Waals surface area contributed by atoms with Crippen molar-refractivity contribution in [2.75, 3.05) is 6.54 Å². The molecular weight excluding hydrogens is 244 g/mol. The lowest BCUT2D eigenvalue weighted by Crippen LogP contribution is -2.28. The summed E-state index contributed by atoms with van der Waals surface area (Å²) < 4.78 is 0. The maximum absolute atomic E-state index is 11.8. The maximum Gasteiger partial charge on any atom is 0.337 e. The van der Waals surface area contributed by atoms with Crippen LogP contribution in [0.3, 0.4) is 0 Å². The summed E-state index contributed by atoms with van der Waals surface area (Å²) >= 11 is 0. The van der Waals surface area contributed by atoms with Crippen molar-refractivity contribution in [3.05, 3.63) is 29.1 Å². The largest absolute Gasteiger partial charge is 0.478 e. The molecule has 0 saturated heterocycles. The number of aryl methyl sites for hydroxylation is 1. The van der Waals surface area contributed by atoms with Crippen molar-refractivity contribution in [3.8, 4) is 0 Å². The summed E-state index contributed by atoms with van der Waals surface area (Å²) in [6, 6.07) is 2.88. The number of aromatic nitrogens is 1. The molecule has 5 heteroatoms. The summed E-state index contributed by atoms with van der Waals surface area (Å²) in [5.41, 5.74) is 0.765. The average Bonchev–Trinajstić information content (AvgIpc) is 2.31. The molecule has 0 aromatic carbocycles. The molecular formula is C14H18N2O3. The molecule has 1 aliphatic carbocycles. The first kappa shape index (κ1) is 13.5. The Hall–Kier alpha value is -1.91. The monoisotopic (exact) mass is 262 g/mol. The van der Waals surface area contributed by atoms with E-state index < -0.39 is 5.97 Å². The van der Waals surface area contributed by atoms with Gasteiger partial charge in [0.15, 0.2) is 0 Å². The lowest BCUT2D eigenvalue weighted by Gasteiger charge is -2.25. The van der Waals surface area contributed by atoms with E-state index in [4.69, 9.17) is 5.11 Å². The summed E-state index contributed by atoms with van der Waals surface area (Å²) in [5.74, 6) is -0.509. The van der Waals surface area contributed by atoms with Crippen LogP contribution in [0.15, 0.2) is 12.1 Å². The average molecular weight is 262 g/mol. The van der Waals surface area contributed by atoms with Crippen molar-refractivity contribution in [3.63, 3.8) is 0 Å². The molecule has 0 aliphatic heterocycles. The number of nitrogens with one attached hydrogen (secondary N) is 1. The van der Waals surface area contributed by atoms with Crippen molar-refractivity contribution >= 4 is 11.9 Å². The third kappa shape index (κ3) is 3.30. The molecule has 2 N–H and O–H groups in total. The number of hydrogen-bond acceptors (Lipinski definition) is 3. The van der Waals surface area contributed by atoms with Gasteiger partial charge in [0.25, 0.3) is 5.91 Å². The van der Waals surface area contributed by atoms with Crippen molar-refractivity contribution in [1.29, 1.82) is 0 Å². The van der Waals surface area contributed by atoms with Crippen LogP contribution in [0.1, 0.15) is 52.2 Å². The van der Waals surface area contributed by atoms with Crippen LogP contribution in [-0.2, 0) is 0 Å². The number of amides is 1. The van der Waals surface area contributed by atoms with E-state index in [2.05, 4.69) is 10.3 Å². The predicted octanol–water partition coefficient (Wildman–Crippen LogP) is 2.01. The predicted molar refractivity (Wildman–Crippen MR) is 70.2 cm³/mol. The molecule has 1 heterocycles. The minimum atomic E-state index is -1.03. The van der Waals surface area contributed by atoms with E-state index in [1.165, 1.54) is 31.4 Å². The highest BCUT2D eigenvalue weighted by molar-refractivity contribution is 5.94. The third-order valence-electron chi connectivity index (χ3n) is 3.61. The molecule has 1 aromatic rings. The zero-order valence-electron chi connectivity index (χ0n) is 11.0. The molecule has 102 valence electrons. The van der Waals surface area contributed by atoms with Crippen LogP contribution in [0.5, 0.6) is 0 Å². The van der Waals surface area contributed by atoms with Gasteiger partial charge in [0.2, 0.25) is 0 Å². The molecule has 0 radical (unpaired) electrons. The number of aromatic carboxylic acids is 1. The molecule has 1 aromatic heterocycles. The van der Waals surface area contributed by atoms with Crippen molar-refractivity contribution in [1.82, 2.24) is 10.3 Å². The summed E-state index contributed by atoms with van der Waals surface area (Å²) in [7, 11) is 0. The number of pyridine rings is 1. The summed E-state index contributed by atoms with van der Waals surface area (Å²) in [4.78, 5) is 26.7. The molecule has 5 nitrogen and oxygen atoms in total. The van der Waals surface area contributed by atoms with Crippen molar-refractivity contribution in [2.24, 2.45) is 5.92 Å². The fourth-order valence-corrected chi connectivity index (χ4v) is 2.18. The van der Waals surface area contributed by atoms with Gasteiger partial charge in [-0.15, -0.1) is 0 Å². The lowest BCUT2D eigenvalue weighted by atomic mass is 9.83. The van der Waals surface area contributed by atoms with Crippen LogP contribution >= 0.6 is 0 Å². The molecule has 0 spiro atoms. The summed E-state index contributed by atoms with van der Waals surface area (Å²) in [5, 5.41) is 11.7. The normalized spacial score (nSPS) is 14.8. The smallest absolute Gasteiger partial charge is 0.337 e. The van der Waals surface area contributed by atoms with Gasteiger partial charge in [0.1, 0.15) is 5.69 Å². The van der Waals surface area contributed by atoms with E-state index in [0.29, 0.717) is 12.2 Å². The van der Waals surface area contributed by atoms with E-state index in [1.54, 1.807) is 6.92 Å². The molecule has 1 saturated carbocycles. The van der Waals surface area contributed by atoms with Gasteiger partial charge in [-0.05, 0) is 31.4 Å². The van der Waals surface area contributed by atoms with Gasteiger partial charge in [-0.25, -0.2) is 9.78 Å². The Morgan fingerprint density at radius 2 is 2.16 bits per heavy atom.